The first-order valence-electron chi connectivity index (χ1n) is 45.5. The van der Waals surface area contributed by atoms with Crippen molar-refractivity contribution in [1.29, 1.82) is 0 Å². The van der Waals surface area contributed by atoms with Crippen molar-refractivity contribution in [1.82, 2.24) is 78.5 Å². The lowest BCUT2D eigenvalue weighted by Gasteiger charge is -2.41. The third-order valence-electron chi connectivity index (χ3n) is 20.8. The molecule has 0 spiro atoms. The van der Waals surface area contributed by atoms with Crippen LogP contribution in [0.4, 0.5) is 4.79 Å². The minimum absolute atomic E-state index is 0.00762. The molecule has 132 heavy (non-hydrogen) atoms. The molecule has 43 nitrogen and oxygen atoms in total. The number of rotatable bonds is 73. The highest BCUT2D eigenvalue weighted by molar-refractivity contribution is 5.94. The molecule has 43 heteroatoms. The highest BCUT2D eigenvalue weighted by Gasteiger charge is 2.44. The summed E-state index contributed by atoms with van der Waals surface area (Å²) in [6.45, 7) is 23.2. The summed E-state index contributed by atoms with van der Waals surface area (Å²) >= 11 is 0. The number of esters is 1. The number of carbonyl (C=O) groups is 15. The summed E-state index contributed by atoms with van der Waals surface area (Å²) in [5.41, 5.74) is 0.691. The number of hydrogen-bond donors (Lipinski definition) is 12. The van der Waals surface area contributed by atoms with Gasteiger partial charge in [0.2, 0.25) is 76.8 Å². The lowest BCUT2D eigenvalue weighted by atomic mass is 9.89. The zero-order chi connectivity index (χ0) is 98.4. The second-order valence-electron chi connectivity index (χ2n) is 33.9. The summed E-state index contributed by atoms with van der Waals surface area (Å²) in [7, 11) is 9.90. The molecule has 2 rings (SSSR count). The molecule has 0 saturated carbocycles. The molecule has 11 atom stereocenters. The van der Waals surface area contributed by atoms with Gasteiger partial charge >= 0.3 is 12.1 Å². The van der Waals surface area contributed by atoms with E-state index in [9.17, 15) is 71.9 Å². The zero-order valence-electron chi connectivity index (χ0n) is 80.8. The number of hydrogen-bond acceptors (Lipinski definition) is 29. The van der Waals surface area contributed by atoms with Crippen LogP contribution >= 0.6 is 0 Å². The molecule has 1 aromatic carbocycles. The van der Waals surface area contributed by atoms with E-state index in [1.165, 1.54) is 21.1 Å². The van der Waals surface area contributed by atoms with Crippen LogP contribution in [-0.4, -0.2) is 385 Å². The van der Waals surface area contributed by atoms with E-state index in [0.717, 1.165) is 5.56 Å². The minimum atomic E-state index is -1.55. The van der Waals surface area contributed by atoms with Crippen molar-refractivity contribution in [3.8, 4) is 0 Å². The number of methoxy groups -OCH3 is 3. The minimum Gasteiger partial charge on any atom is -0.464 e. The van der Waals surface area contributed by atoms with Crippen LogP contribution < -0.4 is 63.8 Å². The van der Waals surface area contributed by atoms with Gasteiger partial charge in [0.15, 0.2) is 0 Å². The van der Waals surface area contributed by atoms with E-state index in [1.807, 2.05) is 99.5 Å². The van der Waals surface area contributed by atoms with Gasteiger partial charge in [0, 0.05) is 86.8 Å². The quantitative estimate of drug-likeness (QED) is 0.0270. The van der Waals surface area contributed by atoms with Crippen LogP contribution in [0, 0.1) is 29.1 Å². The van der Waals surface area contributed by atoms with Crippen LogP contribution in [0.2, 0.25) is 0 Å². The molecule has 1 heterocycles. The Morgan fingerprint density at radius 3 is 1.50 bits per heavy atom. The average molecular weight is 1880 g/mol. The largest absolute Gasteiger partial charge is 0.464 e. The Kier molecular flexibility index (Phi) is 62.4. The van der Waals surface area contributed by atoms with E-state index >= 15 is 0 Å². The number of amides is 14. The van der Waals surface area contributed by atoms with Gasteiger partial charge in [-0.1, -0.05) is 106 Å². The summed E-state index contributed by atoms with van der Waals surface area (Å²) in [4.78, 5) is 204. The predicted molar refractivity (Wildman–Crippen MR) is 485 cm³/mol. The van der Waals surface area contributed by atoms with Crippen molar-refractivity contribution >= 4 is 88.9 Å². The molecule has 3 unspecified atom stereocenters. The smallest absolute Gasteiger partial charge is 0.407 e. The Morgan fingerprint density at radius 1 is 0.477 bits per heavy atom. The second-order valence-corrected chi connectivity index (χ2v) is 33.9. The summed E-state index contributed by atoms with van der Waals surface area (Å²) < 4.78 is 71.5. The molecule has 1 aromatic rings. The van der Waals surface area contributed by atoms with Gasteiger partial charge in [-0.3, -0.25) is 67.2 Å². The van der Waals surface area contributed by atoms with Crippen LogP contribution in [-0.2, 0) is 135 Å². The van der Waals surface area contributed by atoms with E-state index in [1.54, 1.807) is 43.0 Å². The predicted octanol–water partition coefficient (Wildman–Crippen LogP) is -1.18. The highest BCUT2D eigenvalue weighted by Crippen LogP contribution is 2.30. The van der Waals surface area contributed by atoms with Crippen molar-refractivity contribution in [3.63, 3.8) is 0 Å². The third kappa shape index (κ3) is 52.3. The zero-order valence-corrected chi connectivity index (χ0v) is 80.8. The number of benzene rings is 1. The van der Waals surface area contributed by atoms with Crippen LogP contribution in [0.25, 0.3) is 0 Å². The Bertz CT molecular complexity index is 3560. The SMILES string of the molecule is CC[C@H](C)[C@@H]([C@@H](CC(=O)N1CCC[C@H]1[C@H](OC)[C@@H](C)C(=O)N[C@@H](Cc1ccccc1)C(=O)NCCCOC(=O)C(C)NC(=O)CCNC(=O)OCC(NC(=O)CNC(=O)CNC(=O)CNC(=O)CNC(=O)CCNC(=O)CCOCC(C)(C)C)C(=O)NCCOCCOCCOCCOCCOCCOCCOCCOC)OC)N(C)C(=O)C(NC(=O)[C@H](C(C)C)N(C)C)C(C)C. The fourth-order valence-electron chi connectivity index (χ4n) is 13.6. The first-order chi connectivity index (χ1) is 62.9. The molecule has 14 amide bonds. The molecule has 12 N–H and O–H groups in total. The Morgan fingerprint density at radius 2 is 0.985 bits per heavy atom. The summed E-state index contributed by atoms with van der Waals surface area (Å²) in [6.07, 6.45) is -1.13. The maximum Gasteiger partial charge on any atom is 0.407 e. The Balaban J connectivity index is 1.97. The van der Waals surface area contributed by atoms with E-state index in [-0.39, 0.29) is 151 Å². The molecule has 1 aliphatic rings. The van der Waals surface area contributed by atoms with Crippen molar-refractivity contribution in [3.05, 3.63) is 35.9 Å². The van der Waals surface area contributed by atoms with Crippen LogP contribution in [0.15, 0.2) is 30.3 Å². The fourth-order valence-corrected chi connectivity index (χ4v) is 13.6. The molecule has 0 radical (unpaired) electrons. The molecule has 0 aliphatic carbocycles. The maximum atomic E-state index is 14.6. The molecule has 0 aromatic heterocycles. The Labute approximate surface area is 777 Å². The van der Waals surface area contributed by atoms with Gasteiger partial charge in [-0.25, -0.2) is 9.59 Å². The standard InChI is InChI=1S/C89H155N15O28/c1-18-62(6)80(103(14)86(117)78(60(2)3)101-85(116)79(61(4)5)102(12)13)69(121-16)53-77(112)104-34-22-26-68(104)81(122-17)63(7)82(113)100-66(52-65-24-20-19-21-25-65)83(114)91-30-23-35-131-87(118)64(8)98-72(107)28-32-93-88(119)132-58-67(84(115)92-33-37-123-40-41-125-44-45-127-48-49-129-51-50-128-47-46-126-43-42-124-39-38-120-15)99-76(111)57-97-75(110)56-96-74(109)55-95-73(108)54-94-70(105)27-31-90-71(106)29-36-130-59-89(9,10)11/h19-21,24-25,60-64,66-69,78-81H,18,22-23,26-59H2,1-17H3,(H,90,106)(H,91,114)(H,92,115)(H,93,119)(H,94,105)(H,95,108)(H,96,109)(H,97,110)(H,98,107)(H,99,111)(H,100,113)(H,101,116)/t62-,63+,64?,66-,67?,68-,69+,78?,79-,80-,81+/m0/s1. The Hall–Kier alpha value is -9.41. The number of likely N-dealkylation sites (N-methyl/N-ethyl adjacent to an activating group) is 2. The molecule has 1 saturated heterocycles. The van der Waals surface area contributed by atoms with Crippen molar-refractivity contribution in [2.75, 3.05) is 227 Å². The molecule has 1 fully saturated rings. The lowest BCUT2D eigenvalue weighted by Crippen LogP contribution is -2.59. The number of carbonyl (C=O) groups excluding carboxylic acids is 15. The van der Waals surface area contributed by atoms with E-state index in [4.69, 9.17) is 61.6 Å². The van der Waals surface area contributed by atoms with E-state index < -0.39 is 158 Å². The fraction of sp³-hybridized carbons (Fsp3) is 0.764. The molecular weight excluding hydrogens is 1730 g/mol. The molecule has 754 valence electrons. The van der Waals surface area contributed by atoms with E-state index in [2.05, 4.69) is 63.8 Å². The summed E-state index contributed by atoms with van der Waals surface area (Å²) in [6, 6.07) is 2.80. The first kappa shape index (κ1) is 119. The maximum absolute atomic E-state index is 14.6. The summed E-state index contributed by atoms with van der Waals surface area (Å²) in [5.74, 6) is -9.65. The highest BCUT2D eigenvalue weighted by atomic mass is 16.6. The lowest BCUT2D eigenvalue weighted by molar-refractivity contribution is -0.148. The first-order valence-corrected chi connectivity index (χ1v) is 45.5. The van der Waals surface area contributed by atoms with Crippen LogP contribution in [0.5, 0.6) is 0 Å². The van der Waals surface area contributed by atoms with Gasteiger partial charge in [0.1, 0.15) is 30.8 Å². The van der Waals surface area contributed by atoms with Crippen LogP contribution in [0.1, 0.15) is 133 Å². The average Bonchev–Trinajstić information content (AvgIpc) is 1.46. The number of ether oxygens (including phenoxy) is 13. The summed E-state index contributed by atoms with van der Waals surface area (Å²) in [5, 5.41) is 30.3. The third-order valence-corrected chi connectivity index (χ3v) is 20.8. The van der Waals surface area contributed by atoms with E-state index in [0.29, 0.717) is 105 Å². The van der Waals surface area contributed by atoms with Gasteiger partial charge in [0.25, 0.3) is 0 Å². The number of alkyl carbamates (subject to hydrolysis) is 1. The number of nitrogens with one attached hydrogen (secondary N) is 12. The number of nitrogens with zero attached hydrogens (tertiary/aromatic N) is 3. The van der Waals surface area contributed by atoms with Gasteiger partial charge in [-0.05, 0) is 69.0 Å². The van der Waals surface area contributed by atoms with Crippen molar-refractivity contribution in [2.24, 2.45) is 29.1 Å². The van der Waals surface area contributed by atoms with Crippen molar-refractivity contribution in [2.45, 2.75) is 188 Å². The van der Waals surface area contributed by atoms with Crippen LogP contribution in [0.3, 0.4) is 0 Å². The van der Waals surface area contributed by atoms with Gasteiger partial charge in [0.05, 0.1) is 188 Å². The monoisotopic (exact) mass is 1880 g/mol. The molecular formula is C89H155N15O28. The van der Waals surface area contributed by atoms with Gasteiger partial charge in [-0.2, -0.15) is 0 Å². The molecule has 1 aliphatic heterocycles. The van der Waals surface area contributed by atoms with Crippen molar-refractivity contribution < 1.29 is 133 Å². The number of likely N-dealkylation sites (tertiary alicyclic amines) is 1. The van der Waals surface area contributed by atoms with Gasteiger partial charge < -0.3 is 135 Å². The topological polar surface area (TPSA) is 530 Å². The van der Waals surface area contributed by atoms with Gasteiger partial charge in [-0.15, -0.1) is 0 Å². The molecule has 0 bridgehead atoms. The second kappa shape index (κ2) is 69.4. The normalized spacial score (nSPS) is 14.9.